The number of rotatable bonds is 3. The van der Waals surface area contributed by atoms with Gasteiger partial charge in [-0.2, -0.15) is 0 Å². The van der Waals surface area contributed by atoms with Crippen LogP contribution in [-0.2, 0) is 4.74 Å². The molecule has 1 fully saturated rings. The van der Waals surface area contributed by atoms with Gasteiger partial charge >= 0.3 is 0 Å². The van der Waals surface area contributed by atoms with Crippen molar-refractivity contribution >= 4 is 33.3 Å². The highest BCUT2D eigenvalue weighted by Crippen LogP contribution is 2.31. The third-order valence-corrected chi connectivity index (χ3v) is 5.20. The normalized spacial score (nSPS) is 21.2. The van der Waals surface area contributed by atoms with Crippen LogP contribution < -0.4 is 16.5 Å². The summed E-state index contributed by atoms with van der Waals surface area (Å²) >= 11 is 0. The van der Waals surface area contributed by atoms with Crippen molar-refractivity contribution < 1.29 is 4.74 Å². The van der Waals surface area contributed by atoms with Gasteiger partial charge in [-0.05, 0) is 45.0 Å². The lowest BCUT2D eigenvalue weighted by Crippen LogP contribution is -2.45. The zero-order valence-corrected chi connectivity index (χ0v) is 16.9. The number of hydrogen-bond acceptors (Lipinski definition) is 6. The average molecular weight is 380 g/mol. The summed E-state index contributed by atoms with van der Waals surface area (Å²) in [4.78, 5) is 10.6. The van der Waals surface area contributed by atoms with E-state index in [0.717, 1.165) is 46.3 Å². The van der Waals surface area contributed by atoms with Gasteiger partial charge in [0.2, 0.25) is 0 Å². The zero-order valence-electron chi connectivity index (χ0n) is 16.9. The number of pyridine rings is 1. The highest BCUT2D eigenvalue weighted by molar-refractivity contribution is 6.06. The molecule has 7 nitrogen and oxygen atoms in total. The van der Waals surface area contributed by atoms with Gasteiger partial charge in [0.25, 0.3) is 0 Å². The van der Waals surface area contributed by atoms with Crippen molar-refractivity contribution in [1.29, 1.82) is 0 Å². The molecule has 7 heteroatoms. The van der Waals surface area contributed by atoms with Crippen LogP contribution in [0.1, 0.15) is 26.3 Å². The fourth-order valence-corrected chi connectivity index (χ4v) is 4.18. The van der Waals surface area contributed by atoms with Crippen molar-refractivity contribution in [2.24, 2.45) is 11.6 Å². The van der Waals surface area contributed by atoms with Crippen molar-refractivity contribution in [3.63, 3.8) is 0 Å². The average Bonchev–Trinajstić information content (AvgIpc) is 2.97. The lowest BCUT2D eigenvalue weighted by Gasteiger charge is -2.36. The van der Waals surface area contributed by atoms with E-state index >= 15 is 0 Å². The number of H-pyrrole nitrogens is 1. The Bertz CT molecular complexity index is 1040. The van der Waals surface area contributed by atoms with E-state index in [9.17, 15) is 0 Å². The van der Waals surface area contributed by atoms with Crippen LogP contribution in [0.2, 0.25) is 0 Å². The van der Waals surface area contributed by atoms with Gasteiger partial charge in [-0.3, -0.25) is 4.98 Å². The molecule has 148 valence electrons. The molecule has 4 rings (SSSR count). The van der Waals surface area contributed by atoms with Gasteiger partial charge in [-0.1, -0.05) is 0 Å². The van der Waals surface area contributed by atoms with E-state index in [-0.39, 0.29) is 12.2 Å². The number of nitrogens with zero attached hydrogens (tertiary/aromatic N) is 3. The number of morpholine rings is 1. The smallest absolute Gasteiger partial charge is 0.0958 e. The number of hydrazine groups is 1. The van der Waals surface area contributed by atoms with Crippen LogP contribution in [0.5, 0.6) is 0 Å². The van der Waals surface area contributed by atoms with E-state index < -0.39 is 0 Å². The number of allylic oxidation sites excluding steroid dienone is 1. The third kappa shape index (κ3) is 3.27. The minimum Gasteiger partial charge on any atom is -0.401 e. The highest BCUT2D eigenvalue weighted by atomic mass is 16.5. The monoisotopic (exact) mass is 380 g/mol. The van der Waals surface area contributed by atoms with E-state index in [1.54, 1.807) is 7.05 Å². The second-order valence-electron chi connectivity index (χ2n) is 7.78. The summed E-state index contributed by atoms with van der Waals surface area (Å²) in [5.74, 6) is 5.96. The van der Waals surface area contributed by atoms with Crippen molar-refractivity contribution in [2.75, 3.05) is 25.0 Å². The molecule has 1 aliphatic rings. The lowest BCUT2D eigenvalue weighted by atomic mass is 10.1. The first-order valence-electron chi connectivity index (χ1n) is 9.60. The predicted molar refractivity (Wildman–Crippen MR) is 115 cm³/mol. The Balaban J connectivity index is 1.78. The Morgan fingerprint density at radius 1 is 1.21 bits per heavy atom. The summed E-state index contributed by atoms with van der Waals surface area (Å²) in [7, 11) is 1.78. The van der Waals surface area contributed by atoms with Gasteiger partial charge in [0, 0.05) is 54.2 Å². The minimum absolute atomic E-state index is 0.223. The maximum absolute atomic E-state index is 6.02. The molecule has 0 spiro atoms. The summed E-state index contributed by atoms with van der Waals surface area (Å²) in [6.45, 7) is 7.86. The summed E-state index contributed by atoms with van der Waals surface area (Å²) in [5.41, 5.74) is 12.5. The SMILES string of the molecule is C/C(N)=C(\c1cnc2c(c1)[nH]c1ccc(N3CC(C)OC(C)C3)cc12)N(C)N. The maximum Gasteiger partial charge on any atom is 0.0958 e. The van der Waals surface area contributed by atoms with E-state index in [1.165, 1.54) is 10.7 Å². The largest absolute Gasteiger partial charge is 0.401 e. The van der Waals surface area contributed by atoms with Crippen LogP contribution in [0.15, 0.2) is 36.2 Å². The van der Waals surface area contributed by atoms with Crippen molar-refractivity contribution in [3.05, 3.63) is 41.7 Å². The standard InChI is InChI=1S/C21H28N6O/c1-12-10-27(11-13(2)28-12)16-5-6-18-17(8-16)20-19(25-18)7-15(9-24-20)21(14(3)22)26(4)23/h5-9,12-13,25H,10-11,22-23H2,1-4H3/b21-14-. The number of nitrogens with two attached hydrogens (primary N) is 2. The van der Waals surface area contributed by atoms with Crippen LogP contribution in [0.3, 0.4) is 0 Å². The number of benzene rings is 1. The van der Waals surface area contributed by atoms with Crippen molar-refractivity contribution in [2.45, 2.75) is 33.0 Å². The molecular weight excluding hydrogens is 352 g/mol. The number of ether oxygens (including phenoxy) is 1. The summed E-state index contributed by atoms with van der Waals surface area (Å²) in [6.07, 6.45) is 2.28. The molecule has 0 aliphatic carbocycles. The number of fused-ring (bicyclic) bond motifs is 3. The van der Waals surface area contributed by atoms with Gasteiger partial charge in [-0.25, -0.2) is 5.84 Å². The molecule has 0 amide bonds. The molecule has 1 aliphatic heterocycles. The molecule has 3 aromatic rings. The molecule has 2 unspecified atom stereocenters. The van der Waals surface area contributed by atoms with E-state index in [2.05, 4.69) is 48.0 Å². The van der Waals surface area contributed by atoms with Crippen LogP contribution in [0, 0.1) is 0 Å². The van der Waals surface area contributed by atoms with Gasteiger partial charge in [0.15, 0.2) is 0 Å². The summed E-state index contributed by atoms with van der Waals surface area (Å²) < 4.78 is 5.87. The molecule has 1 aromatic carbocycles. The fourth-order valence-electron chi connectivity index (χ4n) is 4.18. The second kappa shape index (κ2) is 7.00. The van der Waals surface area contributed by atoms with Crippen LogP contribution >= 0.6 is 0 Å². The van der Waals surface area contributed by atoms with E-state index in [4.69, 9.17) is 21.3 Å². The summed E-state index contributed by atoms with van der Waals surface area (Å²) in [6, 6.07) is 8.55. The van der Waals surface area contributed by atoms with Crippen LogP contribution in [0.4, 0.5) is 5.69 Å². The van der Waals surface area contributed by atoms with Crippen molar-refractivity contribution in [1.82, 2.24) is 15.0 Å². The first kappa shape index (κ1) is 18.6. The molecule has 1 saturated heterocycles. The Labute approximate surface area is 164 Å². The molecule has 5 N–H and O–H groups in total. The predicted octanol–water partition coefficient (Wildman–Crippen LogP) is 2.78. The molecule has 2 atom stereocenters. The molecule has 3 heterocycles. The Hall–Kier alpha value is -2.77. The van der Waals surface area contributed by atoms with E-state index in [1.807, 2.05) is 13.1 Å². The second-order valence-corrected chi connectivity index (χ2v) is 7.78. The Kier molecular flexibility index (Phi) is 4.64. The Morgan fingerprint density at radius 2 is 1.93 bits per heavy atom. The number of nitrogens with one attached hydrogen (secondary N) is 1. The van der Waals surface area contributed by atoms with E-state index in [0.29, 0.717) is 5.70 Å². The highest BCUT2D eigenvalue weighted by Gasteiger charge is 2.23. The quantitative estimate of drug-likeness (QED) is 0.478. The molecule has 0 radical (unpaired) electrons. The number of aromatic amines is 1. The fraction of sp³-hybridized carbons (Fsp3) is 0.381. The van der Waals surface area contributed by atoms with Gasteiger partial charge in [-0.15, -0.1) is 0 Å². The third-order valence-electron chi connectivity index (χ3n) is 5.20. The number of anilines is 1. The lowest BCUT2D eigenvalue weighted by molar-refractivity contribution is -0.00520. The number of hydrogen-bond donors (Lipinski definition) is 3. The van der Waals surface area contributed by atoms with Gasteiger partial charge < -0.3 is 25.4 Å². The molecule has 0 saturated carbocycles. The summed E-state index contributed by atoms with van der Waals surface area (Å²) in [5, 5.41) is 2.64. The Morgan fingerprint density at radius 3 is 2.57 bits per heavy atom. The zero-order chi connectivity index (χ0) is 20.0. The number of aromatic nitrogens is 2. The molecule has 0 bridgehead atoms. The van der Waals surface area contributed by atoms with Crippen LogP contribution in [-0.4, -0.2) is 47.3 Å². The molecular formula is C21H28N6O. The van der Waals surface area contributed by atoms with Crippen molar-refractivity contribution in [3.8, 4) is 0 Å². The maximum atomic E-state index is 6.02. The molecule has 2 aromatic heterocycles. The first-order chi connectivity index (χ1) is 13.3. The first-order valence-corrected chi connectivity index (χ1v) is 9.60. The van der Waals surface area contributed by atoms with Gasteiger partial charge in [0.1, 0.15) is 0 Å². The molecule has 28 heavy (non-hydrogen) atoms. The topological polar surface area (TPSA) is 96.4 Å². The minimum atomic E-state index is 0.223. The van der Waals surface area contributed by atoms with Gasteiger partial charge in [0.05, 0.1) is 28.9 Å². The van der Waals surface area contributed by atoms with Crippen LogP contribution in [0.25, 0.3) is 27.6 Å².